The number of fused-ring (bicyclic) bond motifs is 1. The van der Waals surface area contributed by atoms with E-state index in [1.165, 1.54) is 23.1 Å². The number of rotatable bonds is 4. The van der Waals surface area contributed by atoms with Gasteiger partial charge in [0.05, 0.1) is 17.8 Å². The average molecular weight is 329 g/mol. The SMILES string of the molecule is CC(=O)Nc1sc2c(c1C(=O)NCc1ccccn1)CCCC2. The van der Waals surface area contributed by atoms with E-state index in [0.29, 0.717) is 17.1 Å². The lowest BCUT2D eigenvalue weighted by atomic mass is 9.95. The number of pyridine rings is 1. The van der Waals surface area contributed by atoms with E-state index < -0.39 is 0 Å². The van der Waals surface area contributed by atoms with Gasteiger partial charge >= 0.3 is 0 Å². The van der Waals surface area contributed by atoms with Gasteiger partial charge in [0.15, 0.2) is 0 Å². The summed E-state index contributed by atoms with van der Waals surface area (Å²) in [6.07, 6.45) is 5.82. The van der Waals surface area contributed by atoms with Crippen LogP contribution in [0.4, 0.5) is 5.00 Å². The van der Waals surface area contributed by atoms with E-state index in [0.717, 1.165) is 36.9 Å². The lowest BCUT2D eigenvalue weighted by Gasteiger charge is -2.13. The second-order valence-corrected chi connectivity index (χ2v) is 6.71. The van der Waals surface area contributed by atoms with Crippen LogP contribution in [0, 0.1) is 0 Å². The molecule has 0 unspecified atom stereocenters. The van der Waals surface area contributed by atoms with Crippen molar-refractivity contribution in [3.05, 3.63) is 46.1 Å². The molecule has 0 fully saturated rings. The highest BCUT2D eigenvalue weighted by Gasteiger charge is 2.25. The van der Waals surface area contributed by atoms with Crippen molar-refractivity contribution >= 4 is 28.2 Å². The molecule has 2 N–H and O–H groups in total. The van der Waals surface area contributed by atoms with E-state index in [1.54, 1.807) is 6.20 Å². The number of amides is 2. The highest BCUT2D eigenvalue weighted by Crippen LogP contribution is 2.38. The largest absolute Gasteiger partial charge is 0.346 e. The van der Waals surface area contributed by atoms with E-state index in [9.17, 15) is 9.59 Å². The Hall–Kier alpha value is -2.21. The van der Waals surface area contributed by atoms with Crippen molar-refractivity contribution < 1.29 is 9.59 Å². The quantitative estimate of drug-likeness (QED) is 0.906. The molecule has 23 heavy (non-hydrogen) atoms. The maximum Gasteiger partial charge on any atom is 0.254 e. The molecule has 5 nitrogen and oxygen atoms in total. The molecular formula is C17H19N3O2S. The van der Waals surface area contributed by atoms with Gasteiger partial charge in [-0.1, -0.05) is 6.07 Å². The lowest BCUT2D eigenvalue weighted by Crippen LogP contribution is -2.25. The molecule has 0 spiro atoms. The summed E-state index contributed by atoms with van der Waals surface area (Å²) in [4.78, 5) is 29.5. The number of anilines is 1. The van der Waals surface area contributed by atoms with Crippen LogP contribution >= 0.6 is 11.3 Å². The summed E-state index contributed by atoms with van der Waals surface area (Å²) in [7, 11) is 0. The number of nitrogens with one attached hydrogen (secondary N) is 2. The molecule has 0 bridgehead atoms. The summed E-state index contributed by atoms with van der Waals surface area (Å²) in [5.74, 6) is -0.291. The Labute approximate surface area is 139 Å². The number of aromatic nitrogens is 1. The van der Waals surface area contributed by atoms with Crippen LogP contribution in [-0.4, -0.2) is 16.8 Å². The first-order chi connectivity index (χ1) is 11.1. The van der Waals surface area contributed by atoms with Gasteiger partial charge in [-0.2, -0.15) is 0 Å². The molecule has 0 saturated heterocycles. The summed E-state index contributed by atoms with van der Waals surface area (Å²) in [6.45, 7) is 1.85. The molecule has 1 aliphatic rings. The van der Waals surface area contributed by atoms with Gasteiger partial charge in [-0.15, -0.1) is 11.3 Å². The number of hydrogen-bond donors (Lipinski definition) is 2. The van der Waals surface area contributed by atoms with Crippen LogP contribution in [0.1, 0.15) is 46.3 Å². The molecule has 6 heteroatoms. The number of hydrogen-bond acceptors (Lipinski definition) is 4. The summed E-state index contributed by atoms with van der Waals surface area (Å²) in [6, 6.07) is 5.61. The van der Waals surface area contributed by atoms with Crippen LogP contribution in [-0.2, 0) is 24.2 Å². The molecule has 0 aliphatic heterocycles. The Morgan fingerprint density at radius 3 is 2.83 bits per heavy atom. The molecule has 0 aromatic carbocycles. The zero-order chi connectivity index (χ0) is 16.2. The van der Waals surface area contributed by atoms with Gasteiger partial charge in [0.2, 0.25) is 5.91 Å². The minimum absolute atomic E-state index is 0.140. The third kappa shape index (κ3) is 3.59. The highest BCUT2D eigenvalue weighted by atomic mass is 32.1. The second-order valence-electron chi connectivity index (χ2n) is 5.60. The predicted octanol–water partition coefficient (Wildman–Crippen LogP) is 2.91. The molecular weight excluding hydrogens is 310 g/mol. The fourth-order valence-corrected chi connectivity index (χ4v) is 4.15. The van der Waals surface area contributed by atoms with Gasteiger partial charge in [-0.05, 0) is 43.4 Å². The zero-order valence-electron chi connectivity index (χ0n) is 13.0. The number of aryl methyl sites for hydroxylation is 1. The Morgan fingerprint density at radius 1 is 1.26 bits per heavy atom. The summed E-state index contributed by atoms with van der Waals surface area (Å²) in [5, 5.41) is 6.40. The molecule has 2 amide bonds. The van der Waals surface area contributed by atoms with Gasteiger partial charge < -0.3 is 10.6 Å². The Morgan fingerprint density at radius 2 is 2.09 bits per heavy atom. The van der Waals surface area contributed by atoms with Crippen molar-refractivity contribution in [2.45, 2.75) is 39.2 Å². The second kappa shape index (κ2) is 6.91. The van der Waals surface area contributed by atoms with Crippen LogP contribution in [0.3, 0.4) is 0 Å². The third-order valence-corrected chi connectivity index (χ3v) is 5.05. The van der Waals surface area contributed by atoms with Crippen LogP contribution in [0.15, 0.2) is 24.4 Å². The van der Waals surface area contributed by atoms with Crippen LogP contribution < -0.4 is 10.6 Å². The van der Waals surface area contributed by atoms with Crippen molar-refractivity contribution in [2.75, 3.05) is 5.32 Å². The number of nitrogens with zero attached hydrogens (tertiary/aromatic N) is 1. The molecule has 2 aromatic heterocycles. The Balaban J connectivity index is 1.83. The number of carbonyl (C=O) groups excluding carboxylic acids is 2. The highest BCUT2D eigenvalue weighted by molar-refractivity contribution is 7.17. The molecule has 2 aromatic rings. The first-order valence-corrected chi connectivity index (χ1v) is 8.57. The van der Waals surface area contributed by atoms with Crippen molar-refractivity contribution in [1.29, 1.82) is 0 Å². The zero-order valence-corrected chi connectivity index (χ0v) is 13.8. The Kier molecular flexibility index (Phi) is 4.71. The monoisotopic (exact) mass is 329 g/mol. The van der Waals surface area contributed by atoms with Gasteiger partial charge in [0, 0.05) is 18.0 Å². The van der Waals surface area contributed by atoms with Crippen LogP contribution in [0.25, 0.3) is 0 Å². The number of thiophene rings is 1. The lowest BCUT2D eigenvalue weighted by molar-refractivity contribution is -0.114. The fourth-order valence-electron chi connectivity index (χ4n) is 2.82. The average Bonchev–Trinajstić information content (AvgIpc) is 2.90. The summed E-state index contributed by atoms with van der Waals surface area (Å²) < 4.78 is 0. The summed E-state index contributed by atoms with van der Waals surface area (Å²) >= 11 is 1.53. The third-order valence-electron chi connectivity index (χ3n) is 3.84. The number of carbonyl (C=O) groups is 2. The van der Waals surface area contributed by atoms with E-state index in [4.69, 9.17) is 0 Å². The molecule has 3 rings (SSSR count). The molecule has 2 heterocycles. The van der Waals surface area contributed by atoms with E-state index in [2.05, 4.69) is 15.6 Å². The fraction of sp³-hybridized carbons (Fsp3) is 0.353. The first-order valence-electron chi connectivity index (χ1n) is 7.75. The maximum atomic E-state index is 12.7. The van der Waals surface area contributed by atoms with E-state index in [-0.39, 0.29) is 11.8 Å². The smallest absolute Gasteiger partial charge is 0.254 e. The predicted molar refractivity (Wildman–Crippen MR) is 90.7 cm³/mol. The van der Waals surface area contributed by atoms with E-state index >= 15 is 0 Å². The van der Waals surface area contributed by atoms with Gasteiger partial charge in [-0.3, -0.25) is 14.6 Å². The molecule has 0 atom stereocenters. The van der Waals surface area contributed by atoms with Crippen molar-refractivity contribution in [3.8, 4) is 0 Å². The van der Waals surface area contributed by atoms with Crippen molar-refractivity contribution in [3.63, 3.8) is 0 Å². The standard InChI is InChI=1S/C17H19N3O2S/c1-11(21)20-17-15(13-7-2-3-8-14(13)23-17)16(22)19-10-12-6-4-5-9-18-12/h4-6,9H,2-3,7-8,10H2,1H3,(H,19,22)(H,20,21). The van der Waals surface area contributed by atoms with Crippen LogP contribution in [0.5, 0.6) is 0 Å². The molecule has 0 radical (unpaired) electrons. The van der Waals surface area contributed by atoms with Crippen LogP contribution in [0.2, 0.25) is 0 Å². The minimum atomic E-state index is -0.151. The van der Waals surface area contributed by atoms with Gasteiger partial charge in [0.25, 0.3) is 5.91 Å². The van der Waals surface area contributed by atoms with Crippen molar-refractivity contribution in [2.24, 2.45) is 0 Å². The normalized spacial score (nSPS) is 13.3. The van der Waals surface area contributed by atoms with Gasteiger partial charge in [-0.25, -0.2) is 0 Å². The maximum absolute atomic E-state index is 12.7. The topological polar surface area (TPSA) is 71.1 Å². The van der Waals surface area contributed by atoms with Crippen molar-refractivity contribution in [1.82, 2.24) is 10.3 Å². The Bertz CT molecular complexity index is 725. The summed E-state index contributed by atoms with van der Waals surface area (Å²) in [5.41, 5.74) is 2.55. The molecule has 0 saturated carbocycles. The van der Waals surface area contributed by atoms with Gasteiger partial charge in [0.1, 0.15) is 5.00 Å². The van der Waals surface area contributed by atoms with E-state index in [1.807, 2.05) is 18.2 Å². The minimum Gasteiger partial charge on any atom is -0.346 e. The first kappa shape index (κ1) is 15.7. The molecule has 1 aliphatic carbocycles. The molecule has 120 valence electrons.